The predicted octanol–water partition coefficient (Wildman–Crippen LogP) is 3.18. The van der Waals surface area contributed by atoms with Gasteiger partial charge in [0.1, 0.15) is 0 Å². The molecule has 0 aliphatic heterocycles. The minimum atomic E-state index is -0.975. The van der Waals surface area contributed by atoms with E-state index in [0.29, 0.717) is 5.69 Å². The lowest BCUT2D eigenvalue weighted by Gasteiger charge is -2.28. The number of hydrogen-bond donors (Lipinski definition) is 3. The van der Waals surface area contributed by atoms with Gasteiger partial charge in [0.05, 0.1) is 5.56 Å². The van der Waals surface area contributed by atoms with Crippen molar-refractivity contribution in [3.63, 3.8) is 0 Å². The maximum Gasteiger partial charge on any atom is 0.335 e. The molecule has 0 aromatic heterocycles. The zero-order valence-electron chi connectivity index (χ0n) is 12.0. The molecule has 5 nitrogen and oxygen atoms in total. The summed E-state index contributed by atoms with van der Waals surface area (Å²) in [5, 5.41) is 15.2. The number of carbonyl (C=O) groups is 2. The number of aromatic carboxylic acids is 1. The van der Waals surface area contributed by atoms with Crippen LogP contribution in [-0.4, -0.2) is 34.7 Å². The van der Waals surface area contributed by atoms with Gasteiger partial charge in [-0.15, -0.1) is 0 Å². The number of rotatable bonds is 4. The molecule has 0 radical (unpaired) electrons. The molecule has 0 bridgehead atoms. The first-order chi connectivity index (χ1) is 10.1. The molecular weight excluding hydrogens is 288 g/mol. The molecule has 6 heteroatoms. The second kappa shape index (κ2) is 7.36. The van der Waals surface area contributed by atoms with E-state index in [2.05, 4.69) is 16.9 Å². The molecule has 1 aliphatic rings. The fourth-order valence-corrected chi connectivity index (χ4v) is 3.24. The Morgan fingerprint density at radius 2 is 1.76 bits per heavy atom. The SMILES string of the molecule is CSC1CCC(NC(=O)Nc2ccc(C(=O)O)cc2)CC1. The van der Waals surface area contributed by atoms with Gasteiger partial charge >= 0.3 is 12.0 Å². The summed E-state index contributed by atoms with van der Waals surface area (Å²) in [6.07, 6.45) is 6.43. The molecule has 3 N–H and O–H groups in total. The molecule has 1 aromatic carbocycles. The molecule has 1 saturated carbocycles. The molecule has 0 heterocycles. The average molecular weight is 308 g/mol. The molecule has 21 heavy (non-hydrogen) atoms. The fourth-order valence-electron chi connectivity index (χ4n) is 2.49. The van der Waals surface area contributed by atoms with Gasteiger partial charge in [-0.1, -0.05) is 0 Å². The number of anilines is 1. The number of benzene rings is 1. The molecule has 2 amide bonds. The van der Waals surface area contributed by atoms with Crippen molar-refractivity contribution < 1.29 is 14.7 Å². The first-order valence-electron chi connectivity index (χ1n) is 7.02. The predicted molar refractivity (Wildman–Crippen MR) is 85.1 cm³/mol. The van der Waals surface area contributed by atoms with E-state index < -0.39 is 5.97 Å². The minimum Gasteiger partial charge on any atom is -0.478 e. The van der Waals surface area contributed by atoms with Crippen molar-refractivity contribution in [1.29, 1.82) is 0 Å². The number of hydrogen-bond acceptors (Lipinski definition) is 3. The Morgan fingerprint density at radius 3 is 2.29 bits per heavy atom. The van der Waals surface area contributed by atoms with Crippen LogP contribution in [0.15, 0.2) is 24.3 Å². The van der Waals surface area contributed by atoms with Crippen LogP contribution < -0.4 is 10.6 Å². The summed E-state index contributed by atoms with van der Waals surface area (Å²) >= 11 is 1.90. The van der Waals surface area contributed by atoms with Crippen LogP contribution in [0.25, 0.3) is 0 Å². The van der Waals surface area contributed by atoms with Crippen molar-refractivity contribution in [3.8, 4) is 0 Å². The van der Waals surface area contributed by atoms with Gasteiger partial charge in [0, 0.05) is 17.0 Å². The van der Waals surface area contributed by atoms with Crippen molar-refractivity contribution in [2.45, 2.75) is 37.0 Å². The third-order valence-corrected chi connectivity index (χ3v) is 4.87. The number of urea groups is 1. The van der Waals surface area contributed by atoms with Gasteiger partial charge in [-0.25, -0.2) is 9.59 Å². The van der Waals surface area contributed by atoms with Crippen LogP contribution in [0.3, 0.4) is 0 Å². The Labute approximate surface area is 128 Å². The molecule has 0 spiro atoms. The number of nitrogens with one attached hydrogen (secondary N) is 2. The van der Waals surface area contributed by atoms with E-state index in [9.17, 15) is 9.59 Å². The van der Waals surface area contributed by atoms with E-state index in [0.717, 1.165) is 30.9 Å². The lowest BCUT2D eigenvalue weighted by atomic mass is 9.95. The molecule has 2 rings (SSSR count). The second-order valence-corrected chi connectivity index (χ2v) is 6.33. The van der Waals surface area contributed by atoms with Gasteiger partial charge in [0.15, 0.2) is 0 Å². The van der Waals surface area contributed by atoms with Crippen molar-refractivity contribution in [2.24, 2.45) is 0 Å². The van der Waals surface area contributed by atoms with Crippen LogP contribution in [0.4, 0.5) is 10.5 Å². The van der Waals surface area contributed by atoms with Crippen LogP contribution in [0, 0.1) is 0 Å². The van der Waals surface area contributed by atoms with Gasteiger partial charge in [-0.05, 0) is 56.2 Å². The molecule has 1 aromatic rings. The van der Waals surface area contributed by atoms with Crippen molar-refractivity contribution in [2.75, 3.05) is 11.6 Å². The summed E-state index contributed by atoms with van der Waals surface area (Å²) in [7, 11) is 0. The number of amides is 2. The van der Waals surface area contributed by atoms with Crippen molar-refractivity contribution in [1.82, 2.24) is 5.32 Å². The van der Waals surface area contributed by atoms with Crippen LogP contribution in [-0.2, 0) is 0 Å². The zero-order chi connectivity index (χ0) is 15.2. The van der Waals surface area contributed by atoms with Crippen molar-refractivity contribution in [3.05, 3.63) is 29.8 Å². The van der Waals surface area contributed by atoms with E-state index in [1.165, 1.54) is 12.1 Å². The van der Waals surface area contributed by atoms with E-state index in [1.807, 2.05) is 11.8 Å². The molecule has 114 valence electrons. The lowest BCUT2D eigenvalue weighted by Crippen LogP contribution is -2.40. The number of carboxylic acids is 1. The molecular formula is C15H20N2O3S. The summed E-state index contributed by atoms with van der Waals surface area (Å²) in [5.41, 5.74) is 0.798. The summed E-state index contributed by atoms with van der Waals surface area (Å²) in [5.74, 6) is -0.975. The second-order valence-electron chi connectivity index (χ2n) is 5.19. The highest BCUT2D eigenvalue weighted by molar-refractivity contribution is 7.99. The zero-order valence-corrected chi connectivity index (χ0v) is 12.8. The summed E-state index contributed by atoms with van der Waals surface area (Å²) in [6, 6.07) is 6.13. The fraction of sp³-hybridized carbons (Fsp3) is 0.467. The first-order valence-corrected chi connectivity index (χ1v) is 8.31. The summed E-state index contributed by atoms with van der Waals surface area (Å²) < 4.78 is 0. The Hall–Kier alpha value is -1.69. The lowest BCUT2D eigenvalue weighted by molar-refractivity contribution is 0.0697. The van der Waals surface area contributed by atoms with Gasteiger partial charge in [-0.3, -0.25) is 0 Å². The van der Waals surface area contributed by atoms with E-state index >= 15 is 0 Å². The third-order valence-electron chi connectivity index (χ3n) is 3.73. The Kier molecular flexibility index (Phi) is 5.50. The van der Waals surface area contributed by atoms with Crippen LogP contribution in [0.2, 0.25) is 0 Å². The maximum absolute atomic E-state index is 11.9. The van der Waals surface area contributed by atoms with Crippen LogP contribution in [0.1, 0.15) is 36.0 Å². The Balaban J connectivity index is 1.80. The third kappa shape index (κ3) is 4.67. The topological polar surface area (TPSA) is 78.4 Å². The van der Waals surface area contributed by atoms with E-state index in [1.54, 1.807) is 12.1 Å². The van der Waals surface area contributed by atoms with Crippen molar-refractivity contribution >= 4 is 29.4 Å². The van der Waals surface area contributed by atoms with Crippen LogP contribution in [0.5, 0.6) is 0 Å². The molecule has 1 fully saturated rings. The summed E-state index contributed by atoms with van der Waals surface area (Å²) in [4.78, 5) is 22.7. The highest BCUT2D eigenvalue weighted by Crippen LogP contribution is 2.26. The van der Waals surface area contributed by atoms with Gasteiger partial charge in [0.2, 0.25) is 0 Å². The molecule has 0 unspecified atom stereocenters. The van der Waals surface area contributed by atoms with Gasteiger partial charge in [-0.2, -0.15) is 11.8 Å². The minimum absolute atomic E-state index is 0.205. The normalized spacial score (nSPS) is 21.6. The Morgan fingerprint density at radius 1 is 1.14 bits per heavy atom. The Bertz CT molecular complexity index is 496. The largest absolute Gasteiger partial charge is 0.478 e. The first kappa shape index (κ1) is 15.7. The quantitative estimate of drug-likeness (QED) is 0.798. The maximum atomic E-state index is 11.9. The van der Waals surface area contributed by atoms with Gasteiger partial charge < -0.3 is 15.7 Å². The van der Waals surface area contributed by atoms with Gasteiger partial charge in [0.25, 0.3) is 0 Å². The smallest absolute Gasteiger partial charge is 0.335 e. The highest BCUT2D eigenvalue weighted by atomic mass is 32.2. The monoisotopic (exact) mass is 308 g/mol. The standard InChI is InChI=1S/C15H20N2O3S/c1-21-13-8-6-12(7-9-13)17-15(20)16-11-4-2-10(3-5-11)14(18)19/h2-5,12-13H,6-9H2,1H3,(H,18,19)(H2,16,17,20). The molecule has 0 atom stereocenters. The number of thioether (sulfide) groups is 1. The van der Waals surface area contributed by atoms with E-state index in [4.69, 9.17) is 5.11 Å². The molecule has 1 aliphatic carbocycles. The number of carboxylic acid groups (broad SMARTS) is 1. The average Bonchev–Trinajstić information content (AvgIpc) is 2.48. The molecule has 0 saturated heterocycles. The van der Waals surface area contributed by atoms with Crippen LogP contribution >= 0.6 is 11.8 Å². The number of carbonyl (C=O) groups excluding carboxylic acids is 1. The summed E-state index contributed by atoms with van der Waals surface area (Å²) in [6.45, 7) is 0. The highest BCUT2D eigenvalue weighted by Gasteiger charge is 2.21. The van der Waals surface area contributed by atoms with E-state index in [-0.39, 0.29) is 17.6 Å².